The van der Waals surface area contributed by atoms with E-state index in [4.69, 9.17) is 25.7 Å². The van der Waals surface area contributed by atoms with E-state index in [1.165, 1.54) is 12.8 Å². The molecule has 2 rings (SSSR count). The number of aliphatic hydroxyl groups excluding tert-OH is 3. The van der Waals surface area contributed by atoms with Gasteiger partial charge in [0.15, 0.2) is 15.7 Å². The summed E-state index contributed by atoms with van der Waals surface area (Å²) in [7, 11) is -2.89. The van der Waals surface area contributed by atoms with Crippen molar-refractivity contribution in [1.82, 2.24) is 0 Å². The number of rotatable bonds is 7. The van der Waals surface area contributed by atoms with Crippen molar-refractivity contribution in [1.29, 1.82) is 0 Å². The van der Waals surface area contributed by atoms with Crippen LogP contribution in [0, 0.1) is 10.8 Å². The van der Waals surface area contributed by atoms with Crippen LogP contribution in [0.2, 0.25) is 36.8 Å². The zero-order valence-corrected chi connectivity index (χ0v) is 24.0. The van der Waals surface area contributed by atoms with E-state index in [0.29, 0.717) is 17.2 Å². The van der Waals surface area contributed by atoms with Gasteiger partial charge < -0.3 is 19.7 Å². The van der Waals surface area contributed by atoms with Crippen molar-refractivity contribution in [3.8, 4) is 0 Å². The van der Waals surface area contributed by atoms with Gasteiger partial charge in [0.05, 0.1) is 19.8 Å². The highest BCUT2D eigenvalue weighted by Crippen LogP contribution is 2.42. The Bertz CT molecular complexity index is 444. The number of aliphatic hydroxyl groups is 3. The minimum Gasteiger partial charge on any atom is -0.416 e. The molecular formula is C23H51ClO4Si2. The summed E-state index contributed by atoms with van der Waals surface area (Å²) in [5.74, 6) is 0. The summed E-state index contributed by atoms with van der Waals surface area (Å²) in [6.45, 7) is 21.3. The molecule has 0 spiro atoms. The molecule has 7 heteroatoms. The van der Waals surface area contributed by atoms with Crippen LogP contribution in [0.4, 0.5) is 0 Å². The summed E-state index contributed by atoms with van der Waals surface area (Å²) in [6.07, 6.45) is 6.72. The predicted octanol–water partition coefficient (Wildman–Crippen LogP) is 6.15. The molecule has 2 saturated carbocycles. The molecule has 0 unspecified atom stereocenters. The quantitative estimate of drug-likeness (QED) is 0.300. The van der Waals surface area contributed by atoms with Gasteiger partial charge in [-0.1, -0.05) is 60.6 Å². The molecule has 0 aliphatic heterocycles. The lowest BCUT2D eigenvalue weighted by molar-refractivity contribution is -0.00908. The standard InChI is InChI=1S/C11H24O2Si.C6H15ClSi.C6H12O2/c1-10(2)14(3,4)13-9-11(8-12)6-5-7-11;1-6(2,3)8(4,5)7;7-4-6(5-8)2-1-3-6/h10,12H,5-9H2,1-4H3;1-5H3;7-8H,1-5H2. The van der Waals surface area contributed by atoms with Crippen LogP contribution >= 0.6 is 11.1 Å². The van der Waals surface area contributed by atoms with E-state index in [1.807, 2.05) is 0 Å². The predicted molar refractivity (Wildman–Crippen MR) is 135 cm³/mol. The summed E-state index contributed by atoms with van der Waals surface area (Å²) < 4.78 is 6.07. The number of hydrogen-bond acceptors (Lipinski definition) is 4. The van der Waals surface area contributed by atoms with E-state index >= 15 is 0 Å². The highest BCUT2D eigenvalue weighted by molar-refractivity contribution is 7.20. The Morgan fingerprint density at radius 2 is 1.17 bits per heavy atom. The summed E-state index contributed by atoms with van der Waals surface area (Å²) >= 11 is 6.15. The number of halogens is 1. The van der Waals surface area contributed by atoms with Crippen molar-refractivity contribution in [3.05, 3.63) is 0 Å². The van der Waals surface area contributed by atoms with Crippen molar-refractivity contribution in [3.63, 3.8) is 0 Å². The van der Waals surface area contributed by atoms with Gasteiger partial charge in [-0.05, 0) is 49.4 Å². The third-order valence-corrected chi connectivity index (χ3v) is 16.7. The molecule has 0 bridgehead atoms. The molecule has 3 N–H and O–H groups in total. The maximum Gasteiger partial charge on any atom is 0.189 e. The average Bonchev–Trinajstić information content (AvgIpc) is 2.53. The first-order valence-electron chi connectivity index (χ1n) is 11.7. The summed E-state index contributed by atoms with van der Waals surface area (Å²) in [5, 5.41) is 27.0. The lowest BCUT2D eigenvalue weighted by atomic mass is 9.70. The van der Waals surface area contributed by atoms with Gasteiger partial charge >= 0.3 is 0 Å². The Balaban J connectivity index is 0.000000451. The third kappa shape index (κ3) is 9.59. The monoisotopic (exact) mass is 482 g/mol. The molecule has 30 heavy (non-hydrogen) atoms. The molecule has 0 aromatic rings. The smallest absolute Gasteiger partial charge is 0.189 e. The van der Waals surface area contributed by atoms with Crippen LogP contribution in [0.15, 0.2) is 0 Å². The van der Waals surface area contributed by atoms with Crippen molar-refractivity contribution >= 4 is 26.8 Å². The second kappa shape index (κ2) is 12.1. The van der Waals surface area contributed by atoms with Crippen LogP contribution in [0.25, 0.3) is 0 Å². The highest BCUT2D eigenvalue weighted by Gasteiger charge is 2.39. The van der Waals surface area contributed by atoms with Crippen LogP contribution in [-0.4, -0.2) is 57.4 Å². The first kappa shape index (κ1) is 30.6. The zero-order valence-electron chi connectivity index (χ0n) is 21.3. The summed E-state index contributed by atoms with van der Waals surface area (Å²) in [5.41, 5.74) is 0.692. The Hall–Kier alpha value is 0.564. The largest absolute Gasteiger partial charge is 0.416 e. The summed E-state index contributed by atoms with van der Waals surface area (Å²) in [6, 6.07) is 0. The SMILES string of the molecule is CC(C)(C)[Si](C)(C)Cl.CC(C)[Si](C)(C)OCC1(CO)CCC1.OCC1(CO)CCC1. The Morgan fingerprint density at radius 3 is 1.30 bits per heavy atom. The molecule has 2 aliphatic carbocycles. The van der Waals surface area contributed by atoms with Crippen molar-refractivity contribution in [2.24, 2.45) is 10.8 Å². The van der Waals surface area contributed by atoms with Crippen LogP contribution in [0.3, 0.4) is 0 Å². The molecule has 2 aliphatic rings. The molecule has 182 valence electrons. The van der Waals surface area contributed by atoms with Crippen molar-refractivity contribution in [2.75, 3.05) is 26.4 Å². The molecule has 0 radical (unpaired) electrons. The maximum atomic E-state index is 9.31. The Labute approximate surface area is 193 Å². The lowest BCUT2D eigenvalue weighted by Gasteiger charge is -2.42. The fourth-order valence-corrected chi connectivity index (χ4v) is 3.59. The second-order valence-electron chi connectivity index (χ2n) is 12.0. The van der Waals surface area contributed by atoms with E-state index < -0.39 is 15.7 Å². The molecule has 0 aromatic carbocycles. The van der Waals surface area contributed by atoms with Crippen LogP contribution in [0.1, 0.15) is 73.1 Å². The second-order valence-corrected chi connectivity index (χ2v) is 23.9. The maximum absolute atomic E-state index is 9.31. The average molecular weight is 483 g/mol. The van der Waals surface area contributed by atoms with Gasteiger partial charge in [0.1, 0.15) is 0 Å². The molecular weight excluding hydrogens is 432 g/mol. The van der Waals surface area contributed by atoms with E-state index in [9.17, 15) is 5.11 Å². The van der Waals surface area contributed by atoms with Gasteiger partial charge in [0, 0.05) is 17.4 Å². The first-order chi connectivity index (χ1) is 13.5. The van der Waals surface area contributed by atoms with Gasteiger partial charge in [-0.15, -0.1) is 0 Å². The third-order valence-electron chi connectivity index (χ3n) is 7.76. The van der Waals surface area contributed by atoms with Crippen LogP contribution in [-0.2, 0) is 4.43 Å². The highest BCUT2D eigenvalue weighted by atomic mass is 35.6. The minimum atomic E-state index is -1.50. The van der Waals surface area contributed by atoms with E-state index in [1.54, 1.807) is 0 Å². The summed E-state index contributed by atoms with van der Waals surface area (Å²) in [4.78, 5) is 0. The molecule has 2 fully saturated rings. The van der Waals surface area contributed by atoms with E-state index in [0.717, 1.165) is 32.3 Å². The lowest BCUT2D eigenvalue weighted by Crippen LogP contribution is -2.44. The van der Waals surface area contributed by atoms with Gasteiger partial charge in [-0.3, -0.25) is 0 Å². The van der Waals surface area contributed by atoms with Crippen LogP contribution < -0.4 is 0 Å². The van der Waals surface area contributed by atoms with Crippen molar-refractivity contribution < 1.29 is 19.7 Å². The molecule has 0 atom stereocenters. The van der Waals surface area contributed by atoms with Crippen LogP contribution in [0.5, 0.6) is 0 Å². The fourth-order valence-electron chi connectivity index (χ4n) is 2.57. The van der Waals surface area contributed by atoms with E-state index in [2.05, 4.69) is 60.8 Å². The zero-order chi connectivity index (χ0) is 23.9. The molecule has 0 aromatic heterocycles. The Kier molecular flexibility index (Phi) is 12.4. The topological polar surface area (TPSA) is 69.9 Å². The first-order valence-corrected chi connectivity index (χ1v) is 18.6. The van der Waals surface area contributed by atoms with Crippen molar-refractivity contribution in [2.45, 2.75) is 110 Å². The van der Waals surface area contributed by atoms with Gasteiger partial charge in [-0.2, -0.15) is 11.1 Å². The Morgan fingerprint density at radius 1 is 0.833 bits per heavy atom. The van der Waals surface area contributed by atoms with Gasteiger partial charge in [0.2, 0.25) is 0 Å². The normalized spacial score (nSPS) is 20.2. The molecule has 0 saturated heterocycles. The van der Waals surface area contributed by atoms with E-state index in [-0.39, 0.29) is 24.0 Å². The molecule has 0 heterocycles. The van der Waals surface area contributed by atoms with Gasteiger partial charge in [0.25, 0.3) is 0 Å². The minimum absolute atomic E-state index is 0.0833. The molecule has 4 nitrogen and oxygen atoms in total. The number of hydrogen-bond donors (Lipinski definition) is 3. The van der Waals surface area contributed by atoms with Gasteiger partial charge in [-0.25, -0.2) is 0 Å². The molecule has 0 amide bonds. The fraction of sp³-hybridized carbons (Fsp3) is 1.00.